The van der Waals surface area contributed by atoms with Crippen molar-refractivity contribution in [2.75, 3.05) is 10.6 Å². The largest absolute Gasteiger partial charge is 0.478 e. The SMILES string of the molecule is Cc1ccc(-c2csc(NC(=O)C(Sc3cccc(NC(=O)c4ccc(C(=O)O)cc4C(=O)O)c3)c3ccccc3)c2C#N)cc1. The van der Waals surface area contributed by atoms with E-state index < -0.39 is 28.7 Å². The predicted molar refractivity (Wildman–Crippen MR) is 178 cm³/mol. The zero-order chi connectivity index (χ0) is 32.8. The molecule has 1 aromatic heterocycles. The van der Waals surface area contributed by atoms with Crippen molar-refractivity contribution in [2.45, 2.75) is 17.1 Å². The van der Waals surface area contributed by atoms with Gasteiger partial charge in [0.1, 0.15) is 16.3 Å². The number of carbonyl (C=O) groups excluding carboxylic acids is 2. The average molecular weight is 648 g/mol. The van der Waals surface area contributed by atoms with Crippen molar-refractivity contribution in [3.63, 3.8) is 0 Å². The maximum atomic E-state index is 13.8. The maximum Gasteiger partial charge on any atom is 0.336 e. The summed E-state index contributed by atoms with van der Waals surface area (Å²) < 4.78 is 0. The Labute approximate surface area is 272 Å². The summed E-state index contributed by atoms with van der Waals surface area (Å²) in [6.07, 6.45) is 0. The number of carboxylic acid groups (broad SMARTS) is 2. The number of nitriles is 1. The van der Waals surface area contributed by atoms with E-state index in [-0.39, 0.29) is 17.0 Å². The average Bonchev–Trinajstić information content (AvgIpc) is 3.46. The number of hydrogen-bond donors (Lipinski definition) is 4. The molecule has 0 saturated carbocycles. The van der Waals surface area contributed by atoms with Gasteiger partial charge in [0.25, 0.3) is 5.91 Å². The molecule has 0 aliphatic rings. The Kier molecular flexibility index (Phi) is 9.61. The van der Waals surface area contributed by atoms with Gasteiger partial charge < -0.3 is 20.8 Å². The number of amides is 2. The second-order valence-electron chi connectivity index (χ2n) is 10.1. The van der Waals surface area contributed by atoms with E-state index in [4.69, 9.17) is 0 Å². The van der Waals surface area contributed by atoms with Gasteiger partial charge in [-0.3, -0.25) is 9.59 Å². The van der Waals surface area contributed by atoms with Crippen molar-refractivity contribution < 1.29 is 29.4 Å². The predicted octanol–water partition coefficient (Wildman–Crippen LogP) is 7.72. The van der Waals surface area contributed by atoms with Gasteiger partial charge in [-0.25, -0.2) is 9.59 Å². The van der Waals surface area contributed by atoms with Gasteiger partial charge in [0, 0.05) is 21.5 Å². The van der Waals surface area contributed by atoms with E-state index in [1.807, 2.05) is 66.9 Å². The molecule has 46 heavy (non-hydrogen) atoms. The van der Waals surface area contributed by atoms with Crippen LogP contribution >= 0.6 is 23.1 Å². The van der Waals surface area contributed by atoms with E-state index in [1.165, 1.54) is 23.1 Å². The molecule has 0 aliphatic heterocycles. The fraction of sp³-hybridized carbons (Fsp3) is 0.0571. The number of carbonyl (C=O) groups is 4. The van der Waals surface area contributed by atoms with Crippen LogP contribution in [0.4, 0.5) is 10.7 Å². The zero-order valence-corrected chi connectivity index (χ0v) is 25.8. The quantitative estimate of drug-likeness (QED) is 0.112. The van der Waals surface area contributed by atoms with Gasteiger partial charge in [-0.1, -0.05) is 66.2 Å². The topological polar surface area (TPSA) is 157 Å². The molecule has 11 heteroatoms. The molecule has 228 valence electrons. The summed E-state index contributed by atoms with van der Waals surface area (Å²) in [6.45, 7) is 1.98. The van der Waals surface area contributed by atoms with Crippen molar-refractivity contribution in [1.82, 2.24) is 0 Å². The smallest absolute Gasteiger partial charge is 0.336 e. The highest BCUT2D eigenvalue weighted by molar-refractivity contribution is 8.00. The van der Waals surface area contributed by atoms with Crippen LogP contribution in [0.2, 0.25) is 0 Å². The molecule has 1 atom stereocenters. The fourth-order valence-electron chi connectivity index (χ4n) is 4.62. The lowest BCUT2D eigenvalue weighted by atomic mass is 10.0. The summed E-state index contributed by atoms with van der Waals surface area (Å²) in [5.41, 5.74) is 3.24. The van der Waals surface area contributed by atoms with Crippen LogP contribution in [-0.4, -0.2) is 34.0 Å². The summed E-state index contributed by atoms with van der Waals surface area (Å²) in [6, 6.07) is 29.1. The molecule has 0 radical (unpaired) electrons. The Balaban J connectivity index is 1.39. The molecular weight excluding hydrogens is 623 g/mol. The molecular formula is C35H25N3O6S2. The van der Waals surface area contributed by atoms with Crippen LogP contribution < -0.4 is 10.6 Å². The number of nitrogens with zero attached hydrogens (tertiary/aromatic N) is 1. The van der Waals surface area contributed by atoms with Gasteiger partial charge in [0.2, 0.25) is 5.91 Å². The minimum Gasteiger partial charge on any atom is -0.478 e. The number of nitrogens with one attached hydrogen (secondary N) is 2. The van der Waals surface area contributed by atoms with Crippen molar-refractivity contribution in [3.05, 3.63) is 136 Å². The van der Waals surface area contributed by atoms with Gasteiger partial charge in [0.05, 0.1) is 22.3 Å². The normalized spacial score (nSPS) is 11.2. The van der Waals surface area contributed by atoms with E-state index >= 15 is 0 Å². The Morgan fingerprint density at radius 3 is 2.24 bits per heavy atom. The molecule has 5 aromatic rings. The number of anilines is 2. The zero-order valence-electron chi connectivity index (χ0n) is 24.2. The third-order valence-corrected chi connectivity index (χ3v) is 9.07. The molecule has 4 aromatic carbocycles. The number of hydrogen-bond acceptors (Lipinski definition) is 7. The first kappa shape index (κ1) is 31.7. The third-order valence-electron chi connectivity index (χ3n) is 6.93. The summed E-state index contributed by atoms with van der Waals surface area (Å²) in [4.78, 5) is 50.5. The highest BCUT2D eigenvalue weighted by Crippen LogP contribution is 2.40. The molecule has 5 rings (SSSR count). The van der Waals surface area contributed by atoms with E-state index in [1.54, 1.807) is 24.3 Å². The number of rotatable bonds is 10. The molecule has 0 saturated heterocycles. The minimum absolute atomic E-state index is 0.202. The summed E-state index contributed by atoms with van der Waals surface area (Å²) in [7, 11) is 0. The molecule has 1 unspecified atom stereocenters. The van der Waals surface area contributed by atoms with E-state index in [0.29, 0.717) is 21.1 Å². The Hall–Kier alpha value is -5.70. The lowest BCUT2D eigenvalue weighted by Crippen LogP contribution is -2.19. The molecule has 1 heterocycles. The van der Waals surface area contributed by atoms with Gasteiger partial charge in [-0.2, -0.15) is 5.26 Å². The monoisotopic (exact) mass is 647 g/mol. The maximum absolute atomic E-state index is 13.8. The van der Waals surface area contributed by atoms with Crippen LogP contribution in [0.1, 0.15) is 53.0 Å². The van der Waals surface area contributed by atoms with Gasteiger partial charge in [-0.15, -0.1) is 23.1 Å². The lowest BCUT2D eigenvalue weighted by Gasteiger charge is -2.17. The first-order chi connectivity index (χ1) is 22.1. The van der Waals surface area contributed by atoms with Crippen LogP contribution in [0, 0.1) is 18.3 Å². The van der Waals surface area contributed by atoms with E-state index in [0.717, 1.165) is 40.5 Å². The Morgan fingerprint density at radius 2 is 1.57 bits per heavy atom. The highest BCUT2D eigenvalue weighted by Gasteiger charge is 2.25. The second-order valence-corrected chi connectivity index (χ2v) is 12.1. The van der Waals surface area contributed by atoms with Crippen molar-refractivity contribution in [3.8, 4) is 17.2 Å². The Morgan fingerprint density at radius 1 is 0.826 bits per heavy atom. The number of aromatic carboxylic acids is 2. The summed E-state index contributed by atoms with van der Waals surface area (Å²) in [5, 5.41) is 35.9. The third kappa shape index (κ3) is 7.15. The fourth-order valence-corrected chi connectivity index (χ4v) is 6.62. The Bertz CT molecular complexity index is 2000. The van der Waals surface area contributed by atoms with Gasteiger partial charge in [0.15, 0.2) is 0 Å². The number of carboxylic acids is 2. The molecule has 0 bridgehead atoms. The van der Waals surface area contributed by atoms with Crippen LogP contribution in [0.3, 0.4) is 0 Å². The van der Waals surface area contributed by atoms with Crippen LogP contribution in [0.25, 0.3) is 11.1 Å². The first-order valence-corrected chi connectivity index (χ1v) is 15.5. The molecule has 4 N–H and O–H groups in total. The minimum atomic E-state index is -1.44. The van der Waals surface area contributed by atoms with Crippen LogP contribution in [-0.2, 0) is 4.79 Å². The standard InChI is InChI=1S/C35H25N3O6S2/c1-20-10-12-21(13-11-20)29-19-45-33(28(29)18-36)38-32(40)30(22-6-3-2-4-7-22)46-25-9-5-8-24(17-25)37-31(39)26-15-14-23(34(41)42)16-27(26)35(43)44/h2-17,19,30H,1H3,(H,37,39)(H,38,40)(H,41,42)(H,43,44). The lowest BCUT2D eigenvalue weighted by molar-refractivity contribution is -0.115. The molecule has 9 nitrogen and oxygen atoms in total. The van der Waals surface area contributed by atoms with Crippen LogP contribution in [0.5, 0.6) is 0 Å². The molecule has 0 fully saturated rings. The number of thiophene rings is 1. The first-order valence-electron chi connectivity index (χ1n) is 13.8. The summed E-state index contributed by atoms with van der Waals surface area (Å²) in [5.74, 6) is -3.83. The second kappa shape index (κ2) is 13.9. The van der Waals surface area contributed by atoms with Crippen molar-refractivity contribution in [2.24, 2.45) is 0 Å². The highest BCUT2D eigenvalue weighted by atomic mass is 32.2. The van der Waals surface area contributed by atoms with E-state index in [2.05, 4.69) is 16.7 Å². The van der Waals surface area contributed by atoms with Gasteiger partial charge >= 0.3 is 11.9 Å². The van der Waals surface area contributed by atoms with Gasteiger partial charge in [-0.05, 0) is 54.4 Å². The number of aryl methyl sites for hydroxylation is 1. The van der Waals surface area contributed by atoms with Crippen LogP contribution in [0.15, 0.2) is 107 Å². The number of benzene rings is 4. The summed E-state index contributed by atoms with van der Waals surface area (Å²) >= 11 is 2.51. The molecule has 2 amide bonds. The van der Waals surface area contributed by atoms with Crippen molar-refractivity contribution >= 4 is 57.5 Å². The number of thioether (sulfide) groups is 1. The molecule has 0 spiro atoms. The van der Waals surface area contributed by atoms with Crippen molar-refractivity contribution in [1.29, 1.82) is 5.26 Å². The van der Waals surface area contributed by atoms with E-state index in [9.17, 15) is 34.7 Å². The molecule has 0 aliphatic carbocycles.